The molecule has 0 saturated carbocycles. The highest BCUT2D eigenvalue weighted by atomic mass is 16.5. The van der Waals surface area contributed by atoms with Gasteiger partial charge in [-0.05, 0) is 42.0 Å². The summed E-state index contributed by atoms with van der Waals surface area (Å²) in [4.78, 5) is 0. The van der Waals surface area contributed by atoms with Crippen molar-refractivity contribution < 1.29 is 4.74 Å². The molecule has 2 aromatic carbocycles. The minimum atomic E-state index is -0.0674. The molecule has 0 radical (unpaired) electrons. The second kappa shape index (κ2) is 5.83. The molecule has 3 rings (SSSR count). The Morgan fingerprint density at radius 3 is 2.33 bits per heavy atom. The second-order valence-corrected chi connectivity index (χ2v) is 7.48. The molecule has 2 aromatic rings. The number of rotatable bonds is 1. The van der Waals surface area contributed by atoms with E-state index >= 15 is 0 Å². The van der Waals surface area contributed by atoms with E-state index < -0.39 is 0 Å². The summed E-state index contributed by atoms with van der Waals surface area (Å²) < 4.78 is 5.95. The van der Waals surface area contributed by atoms with Crippen molar-refractivity contribution in [2.45, 2.75) is 46.0 Å². The molecule has 0 unspecified atom stereocenters. The van der Waals surface area contributed by atoms with E-state index in [1.54, 1.807) is 0 Å². The number of hydrogen-bond donors (Lipinski definition) is 0. The fourth-order valence-corrected chi connectivity index (χ4v) is 3.29. The Labute approximate surface area is 144 Å². The third-order valence-electron chi connectivity index (χ3n) is 4.74. The van der Waals surface area contributed by atoms with E-state index in [2.05, 4.69) is 58.0 Å². The van der Waals surface area contributed by atoms with E-state index in [1.807, 2.05) is 25.1 Å². The summed E-state index contributed by atoms with van der Waals surface area (Å²) in [6.07, 6.45) is 0. The number of nitrogens with zero attached hydrogens (tertiary/aromatic N) is 1. The van der Waals surface area contributed by atoms with Crippen LogP contribution in [0.3, 0.4) is 0 Å². The van der Waals surface area contributed by atoms with E-state index in [1.165, 1.54) is 16.7 Å². The molecule has 0 amide bonds. The number of fused-ring (bicyclic) bond motifs is 1. The fourth-order valence-electron chi connectivity index (χ4n) is 3.29. The van der Waals surface area contributed by atoms with Crippen LogP contribution in [0.5, 0.6) is 5.75 Å². The van der Waals surface area contributed by atoms with Crippen LogP contribution in [0, 0.1) is 18.3 Å². The van der Waals surface area contributed by atoms with E-state index in [4.69, 9.17) is 4.74 Å². The zero-order valence-corrected chi connectivity index (χ0v) is 15.0. The lowest BCUT2D eigenvalue weighted by atomic mass is 9.78. The molecule has 1 aliphatic heterocycles. The van der Waals surface area contributed by atoms with Crippen molar-refractivity contribution in [3.05, 3.63) is 76.1 Å². The summed E-state index contributed by atoms with van der Waals surface area (Å²) in [5.74, 6) is 1.48. The van der Waals surface area contributed by atoms with Gasteiger partial charge >= 0.3 is 0 Å². The van der Waals surface area contributed by atoms with Gasteiger partial charge < -0.3 is 4.74 Å². The van der Waals surface area contributed by atoms with Gasteiger partial charge in [0.15, 0.2) is 0 Å². The molecule has 1 atom stereocenters. The molecule has 1 heterocycles. The normalized spacial score (nSPS) is 17.1. The molecule has 1 aliphatic rings. The van der Waals surface area contributed by atoms with Crippen LogP contribution in [-0.4, -0.2) is 0 Å². The zero-order chi connectivity index (χ0) is 17.5. The Balaban J connectivity index is 2.27. The summed E-state index contributed by atoms with van der Waals surface area (Å²) in [6, 6.07) is 17.0. The summed E-state index contributed by atoms with van der Waals surface area (Å²) in [6.45, 7) is 10.6. The molecule has 0 N–H and O–H groups in total. The maximum Gasteiger partial charge on any atom is 0.131 e. The molecular formula is C22H23NO. The quantitative estimate of drug-likeness (QED) is 0.684. The number of benzene rings is 2. The Kier molecular flexibility index (Phi) is 3.97. The number of aryl methyl sites for hydroxylation is 1. The minimum Gasteiger partial charge on any atom is -0.461 e. The summed E-state index contributed by atoms with van der Waals surface area (Å²) in [5, 5.41) is 9.75. The van der Waals surface area contributed by atoms with Gasteiger partial charge in [-0.3, -0.25) is 0 Å². The van der Waals surface area contributed by atoms with Crippen LogP contribution in [0.2, 0.25) is 0 Å². The van der Waals surface area contributed by atoms with Crippen LogP contribution in [0.15, 0.2) is 53.8 Å². The second-order valence-electron chi connectivity index (χ2n) is 7.48. The molecule has 0 fully saturated rings. The summed E-state index contributed by atoms with van der Waals surface area (Å²) in [7, 11) is 0. The molecule has 0 saturated heterocycles. The molecule has 0 bridgehead atoms. The topological polar surface area (TPSA) is 33.0 Å². The standard InChI is InChI=1S/C22H23NO/c1-14-8-6-7-9-17(14)21-18-12-16(22(3,4)5)10-11-20(18)24-15(2)19(21)13-23/h6-12,21H,1-5H3/t21-/m1/s1. The van der Waals surface area contributed by atoms with Crippen LogP contribution in [0.4, 0.5) is 0 Å². The maximum absolute atomic E-state index is 9.75. The lowest BCUT2D eigenvalue weighted by Crippen LogP contribution is -2.18. The lowest BCUT2D eigenvalue weighted by molar-refractivity contribution is 0.400. The molecule has 0 aliphatic carbocycles. The van der Waals surface area contributed by atoms with Gasteiger partial charge in [-0.15, -0.1) is 0 Å². The maximum atomic E-state index is 9.75. The van der Waals surface area contributed by atoms with Gasteiger partial charge in [-0.25, -0.2) is 0 Å². The van der Waals surface area contributed by atoms with Crippen molar-refractivity contribution >= 4 is 0 Å². The third-order valence-corrected chi connectivity index (χ3v) is 4.74. The lowest BCUT2D eigenvalue weighted by Gasteiger charge is -2.30. The highest BCUT2D eigenvalue weighted by molar-refractivity contribution is 5.58. The Bertz CT molecular complexity index is 862. The highest BCUT2D eigenvalue weighted by Crippen LogP contribution is 2.45. The van der Waals surface area contributed by atoms with Crippen LogP contribution in [0.1, 0.15) is 55.9 Å². The third kappa shape index (κ3) is 2.71. The Morgan fingerprint density at radius 1 is 1.00 bits per heavy atom. The van der Waals surface area contributed by atoms with Crippen molar-refractivity contribution in [1.29, 1.82) is 5.26 Å². The van der Waals surface area contributed by atoms with Gasteiger partial charge in [0, 0.05) is 5.56 Å². The average molecular weight is 317 g/mol. The van der Waals surface area contributed by atoms with E-state index in [-0.39, 0.29) is 11.3 Å². The molecule has 122 valence electrons. The first-order valence-corrected chi connectivity index (χ1v) is 8.31. The first-order chi connectivity index (χ1) is 11.3. The van der Waals surface area contributed by atoms with Crippen molar-refractivity contribution in [3.8, 4) is 11.8 Å². The predicted molar refractivity (Wildman–Crippen MR) is 97.1 cm³/mol. The van der Waals surface area contributed by atoms with Gasteiger partial charge in [0.05, 0.1) is 17.6 Å². The highest BCUT2D eigenvalue weighted by Gasteiger charge is 2.31. The SMILES string of the molecule is CC1=C(C#N)[C@H](c2ccccc2C)c2cc(C(C)(C)C)ccc2O1. The minimum absolute atomic E-state index is 0.0499. The van der Waals surface area contributed by atoms with Crippen molar-refractivity contribution in [3.63, 3.8) is 0 Å². The average Bonchev–Trinajstić information content (AvgIpc) is 2.53. The molecular weight excluding hydrogens is 294 g/mol. The monoisotopic (exact) mass is 317 g/mol. The Hall–Kier alpha value is -2.53. The zero-order valence-electron chi connectivity index (χ0n) is 15.0. The van der Waals surface area contributed by atoms with Crippen molar-refractivity contribution in [1.82, 2.24) is 0 Å². The van der Waals surface area contributed by atoms with E-state index in [0.29, 0.717) is 11.3 Å². The van der Waals surface area contributed by atoms with Crippen LogP contribution in [0.25, 0.3) is 0 Å². The molecule has 2 nitrogen and oxygen atoms in total. The van der Waals surface area contributed by atoms with Crippen molar-refractivity contribution in [2.75, 3.05) is 0 Å². The van der Waals surface area contributed by atoms with E-state index in [9.17, 15) is 5.26 Å². The molecule has 2 heteroatoms. The number of ether oxygens (including phenoxy) is 1. The predicted octanol–water partition coefficient (Wildman–Crippen LogP) is 5.61. The first-order valence-electron chi connectivity index (χ1n) is 8.31. The summed E-state index contributed by atoms with van der Waals surface area (Å²) in [5.41, 5.74) is 5.44. The largest absolute Gasteiger partial charge is 0.461 e. The van der Waals surface area contributed by atoms with Gasteiger partial charge in [-0.2, -0.15) is 5.26 Å². The molecule has 24 heavy (non-hydrogen) atoms. The van der Waals surface area contributed by atoms with Gasteiger partial charge in [0.1, 0.15) is 11.5 Å². The van der Waals surface area contributed by atoms with Crippen LogP contribution in [-0.2, 0) is 5.41 Å². The first kappa shape index (κ1) is 16.3. The Morgan fingerprint density at radius 2 is 1.71 bits per heavy atom. The number of nitriles is 1. The van der Waals surface area contributed by atoms with Crippen molar-refractivity contribution in [2.24, 2.45) is 0 Å². The molecule has 0 aromatic heterocycles. The number of hydrogen-bond acceptors (Lipinski definition) is 2. The van der Waals surface area contributed by atoms with Gasteiger partial charge in [0.25, 0.3) is 0 Å². The number of allylic oxidation sites excluding steroid dienone is 2. The van der Waals surface area contributed by atoms with Crippen LogP contribution >= 0.6 is 0 Å². The van der Waals surface area contributed by atoms with Gasteiger partial charge in [0.2, 0.25) is 0 Å². The fraction of sp³-hybridized carbons (Fsp3) is 0.318. The van der Waals surface area contributed by atoms with Gasteiger partial charge in [-0.1, -0.05) is 57.2 Å². The molecule has 0 spiro atoms. The van der Waals surface area contributed by atoms with Crippen LogP contribution < -0.4 is 4.74 Å². The smallest absolute Gasteiger partial charge is 0.131 e. The summed E-state index contributed by atoms with van der Waals surface area (Å²) >= 11 is 0. The van der Waals surface area contributed by atoms with E-state index in [0.717, 1.165) is 11.3 Å².